The Kier molecular flexibility index (Phi) is 4.43. The van der Waals surface area contributed by atoms with Gasteiger partial charge in [0.25, 0.3) is 0 Å². The minimum absolute atomic E-state index is 0.206. The van der Waals surface area contributed by atoms with Gasteiger partial charge in [0.2, 0.25) is 5.95 Å². The molecule has 30 heavy (non-hydrogen) atoms. The number of imidazole rings is 2. The van der Waals surface area contributed by atoms with E-state index in [9.17, 15) is 0 Å². The van der Waals surface area contributed by atoms with Crippen LogP contribution in [0.2, 0.25) is 0 Å². The summed E-state index contributed by atoms with van der Waals surface area (Å²) in [6, 6.07) is 8.14. The molecule has 5 aromatic rings. The first-order valence-corrected chi connectivity index (χ1v) is 9.62. The van der Waals surface area contributed by atoms with Crippen LogP contribution in [0.1, 0.15) is 25.7 Å². The third-order valence-electron chi connectivity index (χ3n) is 4.64. The van der Waals surface area contributed by atoms with Gasteiger partial charge in [-0.2, -0.15) is 9.97 Å². The molecule has 0 bridgehead atoms. The molecular formula is C20H20N10. The Morgan fingerprint density at radius 2 is 1.97 bits per heavy atom. The smallest absolute Gasteiger partial charge is 0.232 e. The zero-order chi connectivity index (χ0) is 20.5. The molecule has 0 aliphatic rings. The molecule has 0 fully saturated rings. The minimum atomic E-state index is 0.206. The van der Waals surface area contributed by atoms with Crippen LogP contribution >= 0.6 is 0 Å². The van der Waals surface area contributed by atoms with E-state index < -0.39 is 0 Å². The molecule has 0 spiro atoms. The van der Waals surface area contributed by atoms with Crippen LogP contribution in [0.4, 0.5) is 17.6 Å². The fourth-order valence-electron chi connectivity index (χ4n) is 3.21. The van der Waals surface area contributed by atoms with Gasteiger partial charge in [0, 0.05) is 18.4 Å². The van der Waals surface area contributed by atoms with Gasteiger partial charge in [0.1, 0.15) is 5.82 Å². The predicted molar refractivity (Wildman–Crippen MR) is 114 cm³/mol. The number of rotatable bonds is 6. The summed E-state index contributed by atoms with van der Waals surface area (Å²) in [7, 11) is 0. The van der Waals surface area contributed by atoms with Crippen molar-refractivity contribution in [2.24, 2.45) is 0 Å². The monoisotopic (exact) mass is 400 g/mol. The third kappa shape index (κ3) is 3.39. The fourth-order valence-corrected chi connectivity index (χ4v) is 3.21. The van der Waals surface area contributed by atoms with Crippen molar-refractivity contribution in [2.75, 3.05) is 10.6 Å². The number of aromatic amines is 1. The number of fused-ring (bicyclic) bond motifs is 2. The van der Waals surface area contributed by atoms with Gasteiger partial charge in [-0.15, -0.1) is 0 Å². The van der Waals surface area contributed by atoms with Gasteiger partial charge >= 0.3 is 0 Å². The summed E-state index contributed by atoms with van der Waals surface area (Å²) in [5.74, 6) is 2.41. The first-order valence-electron chi connectivity index (χ1n) is 9.62. The molecule has 10 heteroatoms. The van der Waals surface area contributed by atoms with Crippen molar-refractivity contribution in [1.29, 1.82) is 0 Å². The Morgan fingerprint density at radius 1 is 1.07 bits per heavy atom. The second kappa shape index (κ2) is 7.39. The molecular weight excluding hydrogens is 380 g/mol. The number of nitrogens with one attached hydrogen (secondary N) is 3. The molecule has 0 aliphatic heterocycles. The van der Waals surface area contributed by atoms with Crippen LogP contribution in [-0.4, -0.2) is 39.5 Å². The van der Waals surface area contributed by atoms with E-state index in [1.807, 2.05) is 28.8 Å². The lowest BCUT2D eigenvalue weighted by Crippen LogP contribution is -2.08. The molecule has 4 aromatic heterocycles. The number of hydrogen-bond acceptors (Lipinski definition) is 8. The SMILES string of the molecule is CC(C)n1cnc2c(NCc3nc4ccccc4[nH]3)nc(Nc3cnccn3)nc21. The van der Waals surface area contributed by atoms with Crippen molar-refractivity contribution in [2.45, 2.75) is 26.4 Å². The molecule has 0 amide bonds. The molecule has 4 heterocycles. The predicted octanol–water partition coefficient (Wildman–Crippen LogP) is 3.43. The quantitative estimate of drug-likeness (QED) is 0.396. The summed E-state index contributed by atoms with van der Waals surface area (Å²) >= 11 is 0. The lowest BCUT2D eigenvalue weighted by molar-refractivity contribution is 0.613. The molecule has 0 radical (unpaired) electrons. The number of para-hydroxylation sites is 2. The van der Waals surface area contributed by atoms with Crippen LogP contribution < -0.4 is 10.6 Å². The molecule has 0 unspecified atom stereocenters. The molecule has 1 aromatic carbocycles. The third-order valence-corrected chi connectivity index (χ3v) is 4.64. The van der Waals surface area contributed by atoms with E-state index in [-0.39, 0.29) is 6.04 Å². The van der Waals surface area contributed by atoms with Crippen LogP contribution in [0.5, 0.6) is 0 Å². The van der Waals surface area contributed by atoms with Gasteiger partial charge in [-0.05, 0) is 26.0 Å². The van der Waals surface area contributed by atoms with E-state index in [0.717, 1.165) is 22.5 Å². The second-order valence-electron chi connectivity index (χ2n) is 7.08. The van der Waals surface area contributed by atoms with E-state index in [0.29, 0.717) is 29.6 Å². The highest BCUT2D eigenvalue weighted by Crippen LogP contribution is 2.24. The van der Waals surface area contributed by atoms with Gasteiger partial charge < -0.3 is 20.2 Å². The van der Waals surface area contributed by atoms with Gasteiger partial charge in [-0.1, -0.05) is 12.1 Å². The van der Waals surface area contributed by atoms with Crippen LogP contribution in [0, 0.1) is 0 Å². The van der Waals surface area contributed by atoms with E-state index >= 15 is 0 Å². The van der Waals surface area contributed by atoms with E-state index in [1.54, 1.807) is 24.9 Å². The van der Waals surface area contributed by atoms with E-state index in [2.05, 4.69) is 59.4 Å². The molecule has 150 valence electrons. The summed E-state index contributed by atoms with van der Waals surface area (Å²) in [6.45, 7) is 4.64. The Labute approximate surface area is 171 Å². The number of aromatic nitrogens is 8. The Morgan fingerprint density at radius 3 is 2.77 bits per heavy atom. The number of hydrogen-bond donors (Lipinski definition) is 3. The number of benzene rings is 1. The van der Waals surface area contributed by atoms with Crippen molar-refractivity contribution in [3.63, 3.8) is 0 Å². The van der Waals surface area contributed by atoms with Crippen molar-refractivity contribution in [1.82, 2.24) is 39.5 Å². The lowest BCUT2D eigenvalue weighted by Gasteiger charge is -2.11. The summed E-state index contributed by atoms with van der Waals surface area (Å²) in [5.41, 5.74) is 3.36. The summed E-state index contributed by atoms with van der Waals surface area (Å²) in [6.07, 6.45) is 6.63. The molecule has 10 nitrogen and oxygen atoms in total. The van der Waals surface area contributed by atoms with Crippen LogP contribution in [0.25, 0.3) is 22.2 Å². The summed E-state index contributed by atoms with van der Waals surface area (Å²) in [5, 5.41) is 6.46. The van der Waals surface area contributed by atoms with E-state index in [1.165, 1.54) is 0 Å². The highest BCUT2D eigenvalue weighted by Gasteiger charge is 2.16. The summed E-state index contributed by atoms with van der Waals surface area (Å²) in [4.78, 5) is 30.0. The Hall–Kier alpha value is -4.08. The van der Waals surface area contributed by atoms with Crippen molar-refractivity contribution >= 4 is 39.8 Å². The topological polar surface area (TPSA) is 122 Å². The first kappa shape index (κ1) is 18.0. The maximum absolute atomic E-state index is 4.65. The average molecular weight is 400 g/mol. The van der Waals surface area contributed by atoms with Gasteiger partial charge in [0.15, 0.2) is 22.8 Å². The maximum Gasteiger partial charge on any atom is 0.232 e. The molecule has 0 aliphatic carbocycles. The van der Waals surface area contributed by atoms with Gasteiger partial charge in [-0.25, -0.2) is 15.0 Å². The van der Waals surface area contributed by atoms with Crippen LogP contribution in [-0.2, 0) is 6.54 Å². The first-order chi connectivity index (χ1) is 14.7. The molecule has 3 N–H and O–H groups in total. The maximum atomic E-state index is 4.65. The summed E-state index contributed by atoms with van der Waals surface area (Å²) < 4.78 is 2.01. The fraction of sp³-hybridized carbons (Fsp3) is 0.200. The van der Waals surface area contributed by atoms with Crippen molar-refractivity contribution in [3.8, 4) is 0 Å². The molecule has 0 saturated carbocycles. The van der Waals surface area contributed by atoms with Crippen LogP contribution in [0.3, 0.4) is 0 Å². The average Bonchev–Trinajstić information content (AvgIpc) is 3.36. The van der Waals surface area contributed by atoms with Gasteiger partial charge in [-0.3, -0.25) is 4.98 Å². The molecule has 5 rings (SSSR count). The highest BCUT2D eigenvalue weighted by molar-refractivity contribution is 5.84. The largest absolute Gasteiger partial charge is 0.361 e. The Balaban J connectivity index is 1.50. The van der Waals surface area contributed by atoms with E-state index in [4.69, 9.17) is 0 Å². The zero-order valence-corrected chi connectivity index (χ0v) is 16.5. The van der Waals surface area contributed by atoms with Gasteiger partial charge in [0.05, 0.1) is 30.1 Å². The number of anilines is 3. The van der Waals surface area contributed by atoms with Crippen molar-refractivity contribution < 1.29 is 0 Å². The Bertz CT molecular complexity index is 1270. The van der Waals surface area contributed by atoms with Crippen LogP contribution in [0.15, 0.2) is 49.2 Å². The highest BCUT2D eigenvalue weighted by atomic mass is 15.2. The molecule has 0 atom stereocenters. The molecule has 0 saturated heterocycles. The zero-order valence-electron chi connectivity index (χ0n) is 16.5. The van der Waals surface area contributed by atoms with Crippen molar-refractivity contribution in [3.05, 3.63) is 55.0 Å². The second-order valence-corrected chi connectivity index (χ2v) is 7.08. The number of H-pyrrole nitrogens is 1. The standard InChI is InChI=1S/C20H20N10/c1-12(2)30-11-24-17-18(23-10-16-25-13-5-3-4-6-14(13)26-16)28-20(29-19(17)30)27-15-9-21-7-8-22-15/h3-9,11-12H,10H2,1-2H3,(H,25,26)(H2,22,23,27,28,29). The normalized spacial score (nSPS) is 11.4. The number of nitrogens with zero attached hydrogens (tertiary/aromatic N) is 7. The minimum Gasteiger partial charge on any atom is -0.361 e. The lowest BCUT2D eigenvalue weighted by atomic mass is 10.3.